The van der Waals surface area contributed by atoms with Crippen molar-refractivity contribution in [3.63, 3.8) is 0 Å². The summed E-state index contributed by atoms with van der Waals surface area (Å²) in [6.45, 7) is 5.68. The van der Waals surface area contributed by atoms with Crippen molar-refractivity contribution < 1.29 is 22.7 Å². The van der Waals surface area contributed by atoms with E-state index in [2.05, 4.69) is 21.2 Å². The van der Waals surface area contributed by atoms with Crippen LogP contribution in [0, 0.1) is 0 Å². The van der Waals surface area contributed by atoms with Crippen LogP contribution in [0.4, 0.5) is 5.69 Å². The molecule has 0 aromatic heterocycles. The number of sulfonamides is 1. The third-order valence-electron chi connectivity index (χ3n) is 6.06. The Kier molecular flexibility index (Phi) is 11.2. The Morgan fingerprint density at radius 1 is 0.950 bits per heavy atom. The van der Waals surface area contributed by atoms with E-state index in [0.717, 1.165) is 26.2 Å². The number of nitrogens with zero attached hydrogens (tertiary/aromatic N) is 2. The number of halogens is 1. The topological polar surface area (TPSA) is 96.0 Å². The van der Waals surface area contributed by atoms with Gasteiger partial charge in [0, 0.05) is 23.5 Å². The number of hydrogen-bond acceptors (Lipinski definition) is 5. The summed E-state index contributed by atoms with van der Waals surface area (Å²) < 4.78 is 33.1. The summed E-state index contributed by atoms with van der Waals surface area (Å²) in [4.78, 5) is 29.1. The minimum absolute atomic E-state index is 0.113. The summed E-state index contributed by atoms with van der Waals surface area (Å²) in [6.07, 6.45) is 1.32. The van der Waals surface area contributed by atoms with Crippen molar-refractivity contribution in [2.45, 2.75) is 45.8 Å². The van der Waals surface area contributed by atoms with Crippen LogP contribution in [0.1, 0.15) is 31.9 Å². The van der Waals surface area contributed by atoms with E-state index in [1.54, 1.807) is 24.3 Å². The van der Waals surface area contributed by atoms with Crippen molar-refractivity contribution in [3.8, 4) is 5.75 Å². The molecule has 0 spiro atoms. The molecular weight excluding hydrogens is 594 g/mol. The van der Waals surface area contributed by atoms with Gasteiger partial charge in [-0.25, -0.2) is 8.42 Å². The zero-order valence-electron chi connectivity index (χ0n) is 23.2. The number of hydrogen-bond donors (Lipinski definition) is 1. The lowest BCUT2D eigenvalue weighted by atomic mass is 10.0. The van der Waals surface area contributed by atoms with Crippen molar-refractivity contribution in [2.75, 3.05) is 23.7 Å². The highest BCUT2D eigenvalue weighted by molar-refractivity contribution is 9.10. The van der Waals surface area contributed by atoms with Crippen molar-refractivity contribution in [2.24, 2.45) is 0 Å². The van der Waals surface area contributed by atoms with Gasteiger partial charge in [0.15, 0.2) is 0 Å². The Hall–Kier alpha value is -3.37. The first kappa shape index (κ1) is 31.2. The number of carbonyl (C=O) groups is 2. The van der Waals surface area contributed by atoms with Crippen LogP contribution in [0.15, 0.2) is 83.3 Å². The molecule has 0 saturated heterocycles. The van der Waals surface area contributed by atoms with Gasteiger partial charge in [0.2, 0.25) is 21.8 Å². The van der Waals surface area contributed by atoms with Gasteiger partial charge in [-0.2, -0.15) is 0 Å². The monoisotopic (exact) mass is 629 g/mol. The predicted molar refractivity (Wildman–Crippen MR) is 162 cm³/mol. The third-order valence-corrected chi connectivity index (χ3v) is 7.69. The van der Waals surface area contributed by atoms with Crippen LogP contribution in [0.5, 0.6) is 5.75 Å². The van der Waals surface area contributed by atoms with Gasteiger partial charge in [0.05, 0.1) is 18.6 Å². The Morgan fingerprint density at radius 3 is 2.17 bits per heavy atom. The van der Waals surface area contributed by atoms with E-state index in [1.165, 1.54) is 4.90 Å². The summed E-state index contributed by atoms with van der Waals surface area (Å²) in [5, 5.41) is 2.94. The molecule has 3 rings (SSSR count). The van der Waals surface area contributed by atoms with E-state index >= 15 is 0 Å². The number of amides is 2. The average Bonchev–Trinajstić information content (AvgIpc) is 2.89. The molecule has 0 fully saturated rings. The molecule has 0 radical (unpaired) electrons. The van der Waals surface area contributed by atoms with Crippen LogP contribution >= 0.6 is 15.9 Å². The molecule has 1 N–H and O–H groups in total. The maximum Gasteiger partial charge on any atom is 0.244 e. The number of benzene rings is 3. The molecule has 1 unspecified atom stereocenters. The van der Waals surface area contributed by atoms with E-state index in [4.69, 9.17) is 4.74 Å². The molecule has 0 saturated carbocycles. The summed E-state index contributed by atoms with van der Waals surface area (Å²) in [5.41, 5.74) is 2.00. The highest BCUT2D eigenvalue weighted by atomic mass is 79.9. The Labute approximate surface area is 245 Å². The maximum atomic E-state index is 14.1. The SMILES string of the molecule is CCOc1ccc(N(CC(=O)N(Cc2cccc(Br)c2)C(Cc2ccccc2)C(=O)NC(C)C)S(C)(=O)=O)cc1. The van der Waals surface area contributed by atoms with Crippen LogP contribution in [-0.4, -0.2) is 56.6 Å². The van der Waals surface area contributed by atoms with E-state index in [1.807, 2.05) is 75.4 Å². The maximum absolute atomic E-state index is 14.1. The lowest BCUT2D eigenvalue weighted by Crippen LogP contribution is -2.54. The van der Waals surface area contributed by atoms with E-state index < -0.39 is 28.5 Å². The summed E-state index contributed by atoms with van der Waals surface area (Å²) in [7, 11) is -3.84. The Morgan fingerprint density at radius 2 is 1.60 bits per heavy atom. The minimum atomic E-state index is -3.84. The molecule has 3 aromatic rings. The molecule has 0 aliphatic carbocycles. The normalized spacial score (nSPS) is 12.1. The van der Waals surface area contributed by atoms with Gasteiger partial charge in [0.25, 0.3) is 0 Å². The van der Waals surface area contributed by atoms with Crippen LogP contribution in [0.2, 0.25) is 0 Å². The van der Waals surface area contributed by atoms with Crippen molar-refractivity contribution >= 4 is 43.5 Å². The molecule has 0 heterocycles. The highest BCUT2D eigenvalue weighted by Gasteiger charge is 2.33. The van der Waals surface area contributed by atoms with Crippen molar-refractivity contribution in [1.82, 2.24) is 10.2 Å². The Balaban J connectivity index is 2.03. The number of anilines is 1. The van der Waals surface area contributed by atoms with Crippen molar-refractivity contribution in [1.29, 1.82) is 0 Å². The predicted octanol–water partition coefficient (Wildman–Crippen LogP) is 4.78. The van der Waals surface area contributed by atoms with Crippen LogP contribution in [-0.2, 0) is 32.6 Å². The molecule has 2 amide bonds. The number of carbonyl (C=O) groups excluding carboxylic acids is 2. The van der Waals surface area contributed by atoms with Gasteiger partial charge < -0.3 is 15.0 Å². The third kappa shape index (κ3) is 9.09. The fourth-order valence-corrected chi connectivity index (χ4v) is 5.55. The van der Waals surface area contributed by atoms with E-state index in [0.29, 0.717) is 18.0 Å². The summed E-state index contributed by atoms with van der Waals surface area (Å²) in [6, 6.07) is 22.4. The number of rotatable bonds is 13. The first-order valence-corrected chi connectivity index (χ1v) is 15.7. The van der Waals surface area contributed by atoms with Gasteiger partial charge in [0.1, 0.15) is 18.3 Å². The number of ether oxygens (including phenoxy) is 1. The quantitative estimate of drug-likeness (QED) is 0.294. The Bertz CT molecular complexity index is 1380. The fraction of sp³-hybridized carbons (Fsp3) is 0.333. The summed E-state index contributed by atoms with van der Waals surface area (Å²) >= 11 is 3.47. The van der Waals surface area contributed by atoms with Crippen LogP contribution in [0.25, 0.3) is 0 Å². The molecule has 8 nitrogen and oxygen atoms in total. The highest BCUT2D eigenvalue weighted by Crippen LogP contribution is 2.23. The molecule has 0 bridgehead atoms. The first-order chi connectivity index (χ1) is 19.0. The fourth-order valence-electron chi connectivity index (χ4n) is 4.26. The van der Waals surface area contributed by atoms with Gasteiger partial charge in [-0.1, -0.05) is 58.4 Å². The molecule has 0 aliphatic rings. The van der Waals surface area contributed by atoms with Crippen LogP contribution in [0.3, 0.4) is 0 Å². The minimum Gasteiger partial charge on any atom is -0.494 e. The van der Waals surface area contributed by atoms with Gasteiger partial charge in [-0.15, -0.1) is 0 Å². The first-order valence-electron chi connectivity index (χ1n) is 13.1. The van der Waals surface area contributed by atoms with Gasteiger partial charge in [-0.05, 0) is 68.3 Å². The average molecular weight is 631 g/mol. The molecule has 3 aromatic carbocycles. The van der Waals surface area contributed by atoms with Gasteiger partial charge in [-0.3, -0.25) is 13.9 Å². The molecular formula is C30H36BrN3O5S. The van der Waals surface area contributed by atoms with Crippen LogP contribution < -0.4 is 14.4 Å². The second-order valence-corrected chi connectivity index (χ2v) is 12.5. The van der Waals surface area contributed by atoms with Gasteiger partial charge >= 0.3 is 0 Å². The standard InChI is InChI=1S/C30H36BrN3O5S/c1-5-39-27-16-14-26(15-17-27)34(40(4,37)38)21-29(35)33(20-24-12-9-13-25(31)18-24)28(30(36)32-22(2)3)19-23-10-7-6-8-11-23/h6-18,22,28H,5,19-21H2,1-4H3,(H,32,36). The second kappa shape index (κ2) is 14.3. The molecule has 10 heteroatoms. The van der Waals surface area contributed by atoms with Crippen molar-refractivity contribution in [3.05, 3.63) is 94.5 Å². The lowest BCUT2D eigenvalue weighted by molar-refractivity contribution is -0.140. The lowest BCUT2D eigenvalue weighted by Gasteiger charge is -2.34. The molecule has 0 aliphatic heterocycles. The zero-order valence-corrected chi connectivity index (χ0v) is 25.6. The molecule has 1 atom stereocenters. The molecule has 40 heavy (non-hydrogen) atoms. The summed E-state index contributed by atoms with van der Waals surface area (Å²) in [5.74, 6) is -0.219. The second-order valence-electron chi connectivity index (χ2n) is 9.72. The zero-order chi connectivity index (χ0) is 29.3. The number of nitrogens with one attached hydrogen (secondary N) is 1. The smallest absolute Gasteiger partial charge is 0.244 e. The van der Waals surface area contributed by atoms with E-state index in [-0.39, 0.29) is 24.9 Å². The van der Waals surface area contributed by atoms with E-state index in [9.17, 15) is 18.0 Å². The molecule has 214 valence electrons. The largest absolute Gasteiger partial charge is 0.494 e.